The summed E-state index contributed by atoms with van der Waals surface area (Å²) in [4.78, 5) is 29.8. The van der Waals surface area contributed by atoms with Gasteiger partial charge in [-0.15, -0.1) is 0 Å². The highest BCUT2D eigenvalue weighted by Crippen LogP contribution is 2.22. The van der Waals surface area contributed by atoms with Gasteiger partial charge >= 0.3 is 0 Å². The van der Waals surface area contributed by atoms with Gasteiger partial charge in [-0.3, -0.25) is 14.5 Å². The van der Waals surface area contributed by atoms with Gasteiger partial charge in [-0.2, -0.15) is 5.26 Å². The number of benzene rings is 2. The van der Waals surface area contributed by atoms with E-state index in [9.17, 15) is 9.59 Å². The molecule has 4 rings (SSSR count). The molecule has 0 saturated carbocycles. The van der Waals surface area contributed by atoms with Crippen LogP contribution in [0.25, 0.3) is 10.9 Å². The highest BCUT2D eigenvalue weighted by atomic mass is 16.2. The molecule has 6 heteroatoms. The number of ketones is 1. The van der Waals surface area contributed by atoms with E-state index < -0.39 is 0 Å². The first-order valence-corrected chi connectivity index (χ1v) is 11.1. The third-order valence-electron chi connectivity index (χ3n) is 6.12. The standard InChI is InChI=1S/C26H28N4O2/c1-20-7-9-21(10-8-20)17-26(32)29-15-13-28(14-16-29)19-25(31)23-18-30(12-4-11-27)24-6-3-2-5-22(23)24/h2-3,5-10,18H,4,12-17,19H2,1H3. The Morgan fingerprint density at radius 2 is 1.72 bits per heavy atom. The van der Waals surface area contributed by atoms with Gasteiger partial charge in [-0.25, -0.2) is 0 Å². The summed E-state index contributed by atoms with van der Waals surface area (Å²) in [5, 5.41) is 9.85. The van der Waals surface area contributed by atoms with Crippen LogP contribution in [-0.2, 0) is 17.8 Å². The Morgan fingerprint density at radius 1 is 1.00 bits per heavy atom. The van der Waals surface area contributed by atoms with E-state index in [0.717, 1.165) is 16.5 Å². The van der Waals surface area contributed by atoms with E-state index in [0.29, 0.717) is 57.7 Å². The molecule has 1 amide bonds. The Morgan fingerprint density at radius 3 is 2.44 bits per heavy atom. The lowest BCUT2D eigenvalue weighted by molar-refractivity contribution is -0.132. The molecule has 0 atom stereocenters. The first kappa shape index (κ1) is 21.8. The van der Waals surface area contributed by atoms with Crippen molar-refractivity contribution in [1.29, 1.82) is 5.26 Å². The van der Waals surface area contributed by atoms with Gasteiger partial charge in [0.2, 0.25) is 5.91 Å². The van der Waals surface area contributed by atoms with Crippen molar-refractivity contribution in [3.05, 3.63) is 71.4 Å². The molecule has 2 heterocycles. The van der Waals surface area contributed by atoms with Crippen molar-refractivity contribution in [2.45, 2.75) is 26.3 Å². The number of Topliss-reactive ketones (excluding diaryl/α,β-unsaturated/α-hetero) is 1. The molecule has 0 aliphatic carbocycles. The fourth-order valence-corrected chi connectivity index (χ4v) is 4.26. The fraction of sp³-hybridized carbons (Fsp3) is 0.346. The largest absolute Gasteiger partial charge is 0.346 e. The highest BCUT2D eigenvalue weighted by Gasteiger charge is 2.24. The number of nitrogens with zero attached hydrogens (tertiary/aromatic N) is 4. The normalized spacial score (nSPS) is 14.4. The summed E-state index contributed by atoms with van der Waals surface area (Å²) < 4.78 is 1.99. The zero-order valence-electron chi connectivity index (χ0n) is 18.5. The van der Waals surface area contributed by atoms with Gasteiger partial charge in [0.1, 0.15) is 0 Å². The van der Waals surface area contributed by atoms with Crippen molar-refractivity contribution in [2.75, 3.05) is 32.7 Å². The van der Waals surface area contributed by atoms with Crippen LogP contribution < -0.4 is 0 Å². The molecule has 1 saturated heterocycles. The van der Waals surface area contributed by atoms with Crippen LogP contribution >= 0.6 is 0 Å². The summed E-state index contributed by atoms with van der Waals surface area (Å²) in [6.07, 6.45) is 2.71. The molecule has 2 aromatic carbocycles. The molecule has 164 valence electrons. The molecule has 6 nitrogen and oxygen atoms in total. The van der Waals surface area contributed by atoms with Crippen molar-refractivity contribution >= 4 is 22.6 Å². The quantitative estimate of drug-likeness (QED) is 0.541. The number of carbonyl (C=O) groups is 2. The lowest BCUT2D eigenvalue weighted by Gasteiger charge is -2.34. The third-order valence-corrected chi connectivity index (χ3v) is 6.12. The number of hydrogen-bond acceptors (Lipinski definition) is 4. The molecule has 0 N–H and O–H groups in total. The Bertz CT molecular complexity index is 1150. The molecule has 1 fully saturated rings. The predicted octanol–water partition coefficient (Wildman–Crippen LogP) is 3.43. The monoisotopic (exact) mass is 428 g/mol. The van der Waals surface area contributed by atoms with Crippen LogP contribution in [-0.4, -0.2) is 58.8 Å². The molecular weight excluding hydrogens is 400 g/mol. The molecule has 0 spiro atoms. The van der Waals surface area contributed by atoms with Crippen molar-refractivity contribution in [1.82, 2.24) is 14.4 Å². The topological polar surface area (TPSA) is 69.3 Å². The number of amides is 1. The molecule has 1 aliphatic rings. The molecule has 0 unspecified atom stereocenters. The second kappa shape index (κ2) is 9.80. The Kier molecular flexibility index (Phi) is 6.67. The molecule has 0 radical (unpaired) electrons. The van der Waals surface area contributed by atoms with E-state index >= 15 is 0 Å². The lowest BCUT2D eigenvalue weighted by atomic mass is 10.1. The minimum atomic E-state index is 0.0799. The molecule has 32 heavy (non-hydrogen) atoms. The second-order valence-corrected chi connectivity index (χ2v) is 8.40. The zero-order chi connectivity index (χ0) is 22.5. The maximum absolute atomic E-state index is 13.1. The average molecular weight is 429 g/mol. The number of carbonyl (C=O) groups excluding carboxylic acids is 2. The van der Waals surface area contributed by atoms with E-state index in [-0.39, 0.29) is 11.7 Å². The SMILES string of the molecule is Cc1ccc(CC(=O)N2CCN(CC(=O)c3cn(CCC#N)c4ccccc34)CC2)cc1. The zero-order valence-corrected chi connectivity index (χ0v) is 18.5. The summed E-state index contributed by atoms with van der Waals surface area (Å²) in [6.45, 7) is 5.62. The molecule has 3 aromatic rings. The number of aromatic nitrogens is 1. The first-order chi connectivity index (χ1) is 15.5. The van der Waals surface area contributed by atoms with E-state index in [2.05, 4.69) is 11.0 Å². The maximum atomic E-state index is 13.1. The van der Waals surface area contributed by atoms with Crippen LogP contribution in [0.15, 0.2) is 54.7 Å². The number of hydrogen-bond donors (Lipinski definition) is 0. The van der Waals surface area contributed by atoms with E-state index in [1.54, 1.807) is 0 Å². The van der Waals surface area contributed by atoms with E-state index in [4.69, 9.17) is 5.26 Å². The fourth-order valence-electron chi connectivity index (χ4n) is 4.26. The molecular formula is C26H28N4O2. The van der Waals surface area contributed by atoms with Crippen LogP contribution in [0.5, 0.6) is 0 Å². The Balaban J connectivity index is 1.35. The third kappa shape index (κ3) is 4.90. The first-order valence-electron chi connectivity index (χ1n) is 11.1. The molecule has 1 aromatic heterocycles. The lowest BCUT2D eigenvalue weighted by Crippen LogP contribution is -2.50. The minimum absolute atomic E-state index is 0.0799. The van der Waals surface area contributed by atoms with Crippen molar-refractivity contribution in [3.63, 3.8) is 0 Å². The maximum Gasteiger partial charge on any atom is 0.227 e. The van der Waals surface area contributed by atoms with Crippen molar-refractivity contribution < 1.29 is 9.59 Å². The van der Waals surface area contributed by atoms with Gasteiger partial charge < -0.3 is 9.47 Å². The van der Waals surface area contributed by atoms with Crippen molar-refractivity contribution in [3.8, 4) is 6.07 Å². The number of aryl methyl sites for hydroxylation is 2. The van der Waals surface area contributed by atoms with Crippen LogP contribution in [0.3, 0.4) is 0 Å². The highest BCUT2D eigenvalue weighted by molar-refractivity contribution is 6.09. The van der Waals surface area contributed by atoms with Crippen molar-refractivity contribution in [2.24, 2.45) is 0 Å². The Hall–Kier alpha value is -3.43. The smallest absolute Gasteiger partial charge is 0.227 e. The van der Waals surface area contributed by atoms with E-state index in [1.807, 2.05) is 71.1 Å². The number of nitriles is 1. The summed E-state index contributed by atoms with van der Waals surface area (Å²) >= 11 is 0. The van der Waals surface area contributed by atoms with Crippen LogP contribution in [0, 0.1) is 18.3 Å². The van der Waals surface area contributed by atoms with Gasteiger partial charge in [0.05, 0.1) is 25.5 Å². The van der Waals surface area contributed by atoms with Gasteiger partial charge in [-0.05, 0) is 18.6 Å². The number of fused-ring (bicyclic) bond motifs is 1. The summed E-state index contributed by atoms with van der Waals surface area (Å²) in [6, 6.07) is 18.1. The second-order valence-electron chi connectivity index (χ2n) is 8.40. The van der Waals surface area contributed by atoms with Gasteiger partial charge in [0.25, 0.3) is 0 Å². The number of piperazine rings is 1. The van der Waals surface area contributed by atoms with Gasteiger partial charge in [0.15, 0.2) is 5.78 Å². The molecule has 1 aliphatic heterocycles. The van der Waals surface area contributed by atoms with Crippen LogP contribution in [0.4, 0.5) is 0 Å². The summed E-state index contributed by atoms with van der Waals surface area (Å²) in [5.74, 6) is 0.219. The number of rotatable bonds is 7. The minimum Gasteiger partial charge on any atom is -0.346 e. The number of para-hydroxylation sites is 1. The summed E-state index contributed by atoms with van der Waals surface area (Å²) in [7, 11) is 0. The summed E-state index contributed by atoms with van der Waals surface area (Å²) in [5.41, 5.74) is 3.91. The average Bonchev–Trinajstić information content (AvgIpc) is 3.18. The van der Waals surface area contributed by atoms with Crippen LogP contribution in [0.1, 0.15) is 27.9 Å². The Labute approximate surface area is 188 Å². The predicted molar refractivity (Wildman–Crippen MR) is 124 cm³/mol. The van der Waals surface area contributed by atoms with Gasteiger partial charge in [0, 0.05) is 55.4 Å². The van der Waals surface area contributed by atoms with Gasteiger partial charge in [-0.1, -0.05) is 48.0 Å². The molecule has 0 bridgehead atoms. The van der Waals surface area contributed by atoms with E-state index in [1.165, 1.54) is 5.56 Å². The van der Waals surface area contributed by atoms with Crippen LogP contribution in [0.2, 0.25) is 0 Å².